The van der Waals surface area contributed by atoms with E-state index in [0.717, 1.165) is 23.4 Å². The van der Waals surface area contributed by atoms with E-state index in [9.17, 15) is 9.90 Å². The van der Waals surface area contributed by atoms with Gasteiger partial charge in [-0.25, -0.2) is 0 Å². The van der Waals surface area contributed by atoms with E-state index in [1.54, 1.807) is 12.0 Å². The Kier molecular flexibility index (Phi) is 6.13. The number of carbonyl (C=O) groups is 1. The maximum Gasteiger partial charge on any atom is 0.256 e. The molecule has 0 saturated carbocycles. The number of aromatic nitrogens is 2. The Morgan fingerprint density at radius 2 is 2.22 bits per heavy atom. The standard InChI is InChI=1S/C20H28N4O3/c1-16-7-11-24(22-16)12-9-21-15-20(26)8-4-10-23(19(20)25)14-17-5-3-6-18(13-17)27-2/h3,5-7,11,13,21,26H,4,8-10,12,14-15H2,1-2H3/t20-/m1/s1. The fourth-order valence-corrected chi connectivity index (χ4v) is 3.45. The summed E-state index contributed by atoms with van der Waals surface area (Å²) in [5.74, 6) is 0.557. The van der Waals surface area contributed by atoms with Crippen molar-refractivity contribution in [2.24, 2.45) is 0 Å². The molecule has 1 aliphatic heterocycles. The van der Waals surface area contributed by atoms with E-state index in [-0.39, 0.29) is 12.5 Å². The van der Waals surface area contributed by atoms with Crippen molar-refractivity contribution < 1.29 is 14.6 Å². The van der Waals surface area contributed by atoms with Crippen molar-refractivity contribution in [3.8, 4) is 5.75 Å². The van der Waals surface area contributed by atoms with Gasteiger partial charge in [0.15, 0.2) is 5.60 Å². The van der Waals surface area contributed by atoms with E-state index in [1.807, 2.05) is 48.1 Å². The van der Waals surface area contributed by atoms with E-state index in [0.29, 0.717) is 32.6 Å². The van der Waals surface area contributed by atoms with Crippen LogP contribution >= 0.6 is 0 Å². The highest BCUT2D eigenvalue weighted by Gasteiger charge is 2.41. The van der Waals surface area contributed by atoms with Crippen LogP contribution in [0.25, 0.3) is 0 Å². The number of hydrogen-bond acceptors (Lipinski definition) is 5. The summed E-state index contributed by atoms with van der Waals surface area (Å²) in [6.07, 6.45) is 3.19. The molecule has 2 aromatic rings. The third-order valence-electron chi connectivity index (χ3n) is 4.92. The molecule has 7 heteroatoms. The quantitative estimate of drug-likeness (QED) is 0.684. The average Bonchev–Trinajstić information content (AvgIpc) is 3.08. The van der Waals surface area contributed by atoms with Gasteiger partial charge in [-0.05, 0) is 43.5 Å². The monoisotopic (exact) mass is 372 g/mol. The molecule has 0 unspecified atom stereocenters. The molecule has 3 rings (SSSR count). The van der Waals surface area contributed by atoms with Crippen molar-refractivity contribution in [1.29, 1.82) is 0 Å². The first kappa shape index (κ1) is 19.4. The van der Waals surface area contributed by atoms with Crippen LogP contribution < -0.4 is 10.1 Å². The van der Waals surface area contributed by atoms with E-state index in [4.69, 9.17) is 4.74 Å². The first-order valence-corrected chi connectivity index (χ1v) is 9.36. The summed E-state index contributed by atoms with van der Waals surface area (Å²) >= 11 is 0. The second kappa shape index (κ2) is 8.54. The topological polar surface area (TPSA) is 79.6 Å². The van der Waals surface area contributed by atoms with Gasteiger partial charge in [-0.2, -0.15) is 5.10 Å². The molecule has 1 atom stereocenters. The first-order valence-electron chi connectivity index (χ1n) is 9.36. The number of aliphatic hydroxyl groups is 1. The summed E-state index contributed by atoms with van der Waals surface area (Å²) in [7, 11) is 1.63. The highest BCUT2D eigenvalue weighted by Crippen LogP contribution is 2.24. The van der Waals surface area contributed by atoms with Crippen molar-refractivity contribution in [1.82, 2.24) is 20.0 Å². The lowest BCUT2D eigenvalue weighted by atomic mass is 9.91. The summed E-state index contributed by atoms with van der Waals surface area (Å²) in [6.45, 7) is 4.68. The number of piperidine rings is 1. The second-order valence-corrected chi connectivity index (χ2v) is 7.11. The predicted octanol–water partition coefficient (Wildman–Crippen LogP) is 1.34. The Labute approximate surface area is 159 Å². The number of nitrogens with one attached hydrogen (secondary N) is 1. The SMILES string of the molecule is COc1cccc(CN2CCC[C@@](O)(CNCCn3ccc(C)n3)C2=O)c1. The Hall–Kier alpha value is -2.38. The summed E-state index contributed by atoms with van der Waals surface area (Å²) in [6, 6.07) is 9.63. The molecule has 2 heterocycles. The lowest BCUT2D eigenvalue weighted by Crippen LogP contribution is -2.57. The van der Waals surface area contributed by atoms with Gasteiger partial charge in [-0.15, -0.1) is 0 Å². The highest BCUT2D eigenvalue weighted by molar-refractivity contribution is 5.86. The van der Waals surface area contributed by atoms with Crippen molar-refractivity contribution in [3.63, 3.8) is 0 Å². The number of rotatable bonds is 8. The van der Waals surface area contributed by atoms with Gasteiger partial charge in [0.25, 0.3) is 5.91 Å². The largest absolute Gasteiger partial charge is 0.497 e. The molecule has 1 aliphatic rings. The number of amides is 1. The van der Waals surface area contributed by atoms with Crippen LogP contribution in [0.4, 0.5) is 0 Å². The molecule has 0 spiro atoms. The van der Waals surface area contributed by atoms with E-state index < -0.39 is 5.60 Å². The fourth-order valence-electron chi connectivity index (χ4n) is 3.45. The zero-order chi connectivity index (χ0) is 19.3. The summed E-state index contributed by atoms with van der Waals surface area (Å²) in [5.41, 5.74) is 0.621. The smallest absolute Gasteiger partial charge is 0.256 e. The second-order valence-electron chi connectivity index (χ2n) is 7.11. The van der Waals surface area contributed by atoms with E-state index in [2.05, 4.69) is 10.4 Å². The highest BCUT2D eigenvalue weighted by atomic mass is 16.5. The van der Waals surface area contributed by atoms with Crippen LogP contribution in [0, 0.1) is 6.92 Å². The summed E-state index contributed by atoms with van der Waals surface area (Å²) in [4.78, 5) is 14.6. The Balaban J connectivity index is 1.54. The molecule has 7 nitrogen and oxygen atoms in total. The molecular weight excluding hydrogens is 344 g/mol. The molecule has 1 fully saturated rings. The molecular formula is C20H28N4O3. The summed E-state index contributed by atoms with van der Waals surface area (Å²) < 4.78 is 7.10. The van der Waals surface area contributed by atoms with E-state index in [1.165, 1.54) is 0 Å². The van der Waals surface area contributed by atoms with Gasteiger partial charge < -0.3 is 20.1 Å². The molecule has 1 saturated heterocycles. The molecule has 146 valence electrons. The van der Waals surface area contributed by atoms with Gasteiger partial charge in [0.05, 0.1) is 19.3 Å². The van der Waals surface area contributed by atoms with Gasteiger partial charge in [0.2, 0.25) is 0 Å². The van der Waals surface area contributed by atoms with Crippen LogP contribution in [0.3, 0.4) is 0 Å². The molecule has 0 aliphatic carbocycles. The molecule has 1 aromatic carbocycles. The average molecular weight is 372 g/mol. The Morgan fingerprint density at radius 1 is 1.37 bits per heavy atom. The lowest BCUT2D eigenvalue weighted by molar-refractivity contribution is -0.157. The molecule has 0 bridgehead atoms. The van der Waals surface area contributed by atoms with Crippen LogP contribution in [-0.4, -0.2) is 58.0 Å². The third-order valence-corrected chi connectivity index (χ3v) is 4.92. The number of nitrogens with zero attached hydrogens (tertiary/aromatic N) is 3. The lowest BCUT2D eigenvalue weighted by Gasteiger charge is -2.38. The minimum Gasteiger partial charge on any atom is -0.497 e. The molecule has 1 amide bonds. The number of benzene rings is 1. The minimum absolute atomic E-state index is 0.209. The van der Waals surface area contributed by atoms with E-state index >= 15 is 0 Å². The number of aryl methyl sites for hydroxylation is 1. The van der Waals surface area contributed by atoms with Crippen molar-refractivity contribution in [3.05, 3.63) is 47.8 Å². The van der Waals surface area contributed by atoms with Gasteiger partial charge in [-0.3, -0.25) is 9.48 Å². The minimum atomic E-state index is -1.35. The molecule has 0 radical (unpaired) electrons. The van der Waals surface area contributed by atoms with Crippen molar-refractivity contribution in [2.45, 2.75) is 38.5 Å². The van der Waals surface area contributed by atoms with Crippen LogP contribution in [0.5, 0.6) is 5.75 Å². The molecule has 27 heavy (non-hydrogen) atoms. The number of ether oxygens (including phenoxy) is 1. The summed E-state index contributed by atoms with van der Waals surface area (Å²) in [5, 5.41) is 18.4. The maximum atomic E-state index is 12.9. The number of likely N-dealkylation sites (tertiary alicyclic amines) is 1. The number of hydrogen-bond donors (Lipinski definition) is 2. The zero-order valence-corrected chi connectivity index (χ0v) is 16.0. The van der Waals surface area contributed by atoms with Crippen LogP contribution in [0.15, 0.2) is 36.5 Å². The maximum absolute atomic E-state index is 12.9. The number of methoxy groups -OCH3 is 1. The predicted molar refractivity (Wildman–Crippen MR) is 102 cm³/mol. The van der Waals surface area contributed by atoms with Crippen molar-refractivity contribution in [2.75, 3.05) is 26.7 Å². The molecule has 1 aromatic heterocycles. The van der Waals surface area contributed by atoms with Gasteiger partial charge >= 0.3 is 0 Å². The number of carbonyl (C=O) groups excluding carboxylic acids is 1. The van der Waals surface area contributed by atoms with Gasteiger partial charge in [0.1, 0.15) is 5.75 Å². The van der Waals surface area contributed by atoms with Crippen LogP contribution in [-0.2, 0) is 17.9 Å². The fraction of sp³-hybridized carbons (Fsp3) is 0.500. The Bertz CT molecular complexity index is 776. The zero-order valence-electron chi connectivity index (χ0n) is 16.0. The van der Waals surface area contributed by atoms with Crippen LogP contribution in [0.2, 0.25) is 0 Å². The van der Waals surface area contributed by atoms with Crippen LogP contribution in [0.1, 0.15) is 24.1 Å². The first-order chi connectivity index (χ1) is 13.0. The van der Waals surface area contributed by atoms with Gasteiger partial charge in [-0.1, -0.05) is 12.1 Å². The Morgan fingerprint density at radius 3 is 2.96 bits per heavy atom. The van der Waals surface area contributed by atoms with Gasteiger partial charge in [0, 0.05) is 32.4 Å². The normalized spacial score (nSPS) is 20.1. The third kappa shape index (κ3) is 4.87. The molecule has 2 N–H and O–H groups in total. The van der Waals surface area contributed by atoms with Crippen molar-refractivity contribution >= 4 is 5.91 Å².